The number of hydrogen-bond donors (Lipinski definition) is 2. The fourth-order valence-electron chi connectivity index (χ4n) is 3.42. The summed E-state index contributed by atoms with van der Waals surface area (Å²) < 4.78 is 5.97. The Morgan fingerprint density at radius 1 is 1.06 bits per heavy atom. The van der Waals surface area contributed by atoms with Crippen LogP contribution in [0.5, 0.6) is 5.75 Å². The minimum Gasteiger partial charge on any atom is -0.489 e. The van der Waals surface area contributed by atoms with E-state index in [1.54, 1.807) is 11.8 Å². The number of imide groups is 1. The molecule has 1 unspecified atom stereocenters. The molecule has 3 amide bonds. The Morgan fingerprint density at radius 2 is 1.84 bits per heavy atom. The normalized spacial score (nSPS) is 15.8. The first-order valence-corrected chi connectivity index (χ1v) is 11.8. The number of amides is 3. The molecule has 5 nitrogen and oxygen atoms in total. The maximum Gasteiger partial charge on any atom is 0.322 e. The van der Waals surface area contributed by atoms with E-state index >= 15 is 0 Å². The molecule has 2 heterocycles. The van der Waals surface area contributed by atoms with Crippen LogP contribution in [0.15, 0.2) is 69.8 Å². The quantitative estimate of drug-likeness (QED) is 0.439. The van der Waals surface area contributed by atoms with E-state index in [4.69, 9.17) is 4.74 Å². The molecule has 0 radical (unpaired) electrons. The lowest BCUT2D eigenvalue weighted by Crippen LogP contribution is -2.22. The van der Waals surface area contributed by atoms with Gasteiger partial charge in [0.1, 0.15) is 18.4 Å². The molecule has 1 aromatic heterocycles. The van der Waals surface area contributed by atoms with Crippen molar-refractivity contribution < 1.29 is 14.3 Å². The Hall–Kier alpha value is -2.77. The summed E-state index contributed by atoms with van der Waals surface area (Å²) in [6.45, 7) is 4.98. The number of hydrogen-bond acceptors (Lipinski definition) is 5. The van der Waals surface area contributed by atoms with E-state index in [1.165, 1.54) is 16.9 Å². The van der Waals surface area contributed by atoms with Crippen molar-refractivity contribution >= 4 is 35.0 Å². The number of urea groups is 1. The Morgan fingerprint density at radius 3 is 2.55 bits per heavy atom. The average Bonchev–Trinajstić information content (AvgIpc) is 3.32. The third kappa shape index (κ3) is 5.48. The molecule has 0 aliphatic carbocycles. The number of thiophene rings is 1. The lowest BCUT2D eigenvalue weighted by Gasteiger charge is -2.11. The van der Waals surface area contributed by atoms with Crippen molar-refractivity contribution in [2.24, 2.45) is 5.92 Å². The van der Waals surface area contributed by atoms with Gasteiger partial charge < -0.3 is 10.1 Å². The highest BCUT2D eigenvalue weighted by Crippen LogP contribution is 2.38. The van der Waals surface area contributed by atoms with Crippen molar-refractivity contribution in [3.8, 4) is 5.75 Å². The summed E-state index contributed by atoms with van der Waals surface area (Å²) in [5.74, 6) is 1.13. The van der Waals surface area contributed by atoms with Gasteiger partial charge in [0.15, 0.2) is 0 Å². The molecule has 31 heavy (non-hydrogen) atoms. The van der Waals surface area contributed by atoms with E-state index in [-0.39, 0.29) is 5.91 Å². The first-order chi connectivity index (χ1) is 15.0. The minimum absolute atomic E-state index is 0.310. The van der Waals surface area contributed by atoms with Crippen LogP contribution in [0.25, 0.3) is 0 Å². The molecule has 4 rings (SSSR count). The van der Waals surface area contributed by atoms with Crippen LogP contribution in [0.4, 0.5) is 4.79 Å². The maximum atomic E-state index is 12.0. The predicted octanol–water partition coefficient (Wildman–Crippen LogP) is 5.56. The molecule has 2 aromatic carbocycles. The maximum absolute atomic E-state index is 12.0. The van der Waals surface area contributed by atoms with Crippen molar-refractivity contribution in [3.05, 3.63) is 76.0 Å². The van der Waals surface area contributed by atoms with E-state index in [9.17, 15) is 9.59 Å². The molecule has 1 saturated heterocycles. The molecule has 1 aliphatic heterocycles. The lowest BCUT2D eigenvalue weighted by molar-refractivity contribution is -0.120. The summed E-state index contributed by atoms with van der Waals surface area (Å²) >= 11 is 3.03. The van der Waals surface area contributed by atoms with Crippen molar-refractivity contribution in [2.45, 2.75) is 42.7 Å². The van der Waals surface area contributed by atoms with Crippen molar-refractivity contribution in [1.82, 2.24) is 10.6 Å². The first kappa shape index (κ1) is 21.5. The Balaban J connectivity index is 1.37. The van der Waals surface area contributed by atoms with Crippen LogP contribution in [0.2, 0.25) is 0 Å². The molecule has 1 atom stereocenters. The number of carbonyl (C=O) groups excluding carboxylic acids is 2. The molecule has 3 aromatic rings. The molecule has 160 valence electrons. The van der Waals surface area contributed by atoms with E-state index in [1.807, 2.05) is 35.7 Å². The SMILES string of the molecule is CC(C)Cc1cccc(COc2ccc(Sc3ccsc3C3NC(=O)NC3=O)cc2)c1. The second-order valence-electron chi connectivity index (χ2n) is 7.82. The van der Waals surface area contributed by atoms with Crippen molar-refractivity contribution in [2.75, 3.05) is 0 Å². The third-order valence-corrected chi connectivity index (χ3v) is 6.98. The molecule has 1 aliphatic rings. The zero-order valence-corrected chi connectivity index (χ0v) is 19.0. The number of ether oxygens (including phenoxy) is 1. The fraction of sp³-hybridized carbons (Fsp3) is 0.250. The largest absolute Gasteiger partial charge is 0.489 e. The molecule has 2 N–H and O–H groups in total. The molecular formula is C24H24N2O3S2. The van der Waals surface area contributed by atoms with Gasteiger partial charge in [0.25, 0.3) is 5.91 Å². The average molecular weight is 453 g/mol. The van der Waals surface area contributed by atoms with Crippen LogP contribution in [0, 0.1) is 5.92 Å². The second-order valence-corrected chi connectivity index (χ2v) is 9.89. The molecule has 1 fully saturated rings. The summed E-state index contributed by atoms with van der Waals surface area (Å²) in [4.78, 5) is 26.3. The summed E-state index contributed by atoms with van der Waals surface area (Å²) in [6.07, 6.45) is 1.07. The Labute approximate surface area is 190 Å². The molecular weight excluding hydrogens is 428 g/mol. The highest BCUT2D eigenvalue weighted by molar-refractivity contribution is 7.99. The van der Waals surface area contributed by atoms with Gasteiger partial charge in [0, 0.05) is 9.79 Å². The second kappa shape index (κ2) is 9.58. The third-order valence-electron chi connectivity index (χ3n) is 4.79. The summed E-state index contributed by atoms with van der Waals surface area (Å²) in [7, 11) is 0. The van der Waals surface area contributed by atoms with Crippen LogP contribution in [0.3, 0.4) is 0 Å². The molecule has 0 saturated carbocycles. The van der Waals surface area contributed by atoms with E-state index in [0.717, 1.165) is 32.4 Å². The van der Waals surface area contributed by atoms with Crippen LogP contribution >= 0.6 is 23.1 Å². The van der Waals surface area contributed by atoms with Gasteiger partial charge in [-0.3, -0.25) is 10.1 Å². The van der Waals surface area contributed by atoms with Crippen molar-refractivity contribution in [1.29, 1.82) is 0 Å². The monoisotopic (exact) mass is 452 g/mol. The molecule has 7 heteroatoms. The standard InChI is InChI=1S/C24H24N2O3S2/c1-15(2)12-16-4-3-5-17(13-16)14-29-18-6-8-19(9-7-18)31-20-10-11-30-22(20)21-23(27)26-24(28)25-21/h3-11,13,15,21H,12,14H2,1-2H3,(H2,25,26,27,28). The van der Waals surface area contributed by atoms with E-state index in [2.05, 4.69) is 48.7 Å². The van der Waals surface area contributed by atoms with Crippen LogP contribution in [0.1, 0.15) is 35.9 Å². The van der Waals surface area contributed by atoms with Gasteiger partial charge >= 0.3 is 6.03 Å². The topological polar surface area (TPSA) is 67.4 Å². The summed E-state index contributed by atoms with van der Waals surface area (Å²) in [5, 5.41) is 6.88. The van der Waals surface area contributed by atoms with Gasteiger partial charge in [-0.2, -0.15) is 0 Å². The number of rotatable bonds is 8. The van der Waals surface area contributed by atoms with Gasteiger partial charge in [-0.05, 0) is 59.2 Å². The van der Waals surface area contributed by atoms with E-state index in [0.29, 0.717) is 12.5 Å². The smallest absolute Gasteiger partial charge is 0.322 e. The number of benzene rings is 2. The summed E-state index contributed by atoms with van der Waals surface area (Å²) in [5.41, 5.74) is 2.50. The minimum atomic E-state index is -0.621. The van der Waals surface area contributed by atoms with Gasteiger partial charge in [0.05, 0.1) is 4.88 Å². The number of nitrogens with one attached hydrogen (secondary N) is 2. The summed E-state index contributed by atoms with van der Waals surface area (Å²) in [6, 6.07) is 17.4. The predicted molar refractivity (Wildman–Crippen MR) is 124 cm³/mol. The number of carbonyl (C=O) groups is 2. The highest BCUT2D eigenvalue weighted by atomic mass is 32.2. The Bertz CT molecular complexity index is 1080. The van der Waals surface area contributed by atoms with Gasteiger partial charge in [-0.25, -0.2) is 4.79 Å². The lowest BCUT2D eigenvalue weighted by atomic mass is 10.0. The zero-order valence-electron chi connectivity index (χ0n) is 17.4. The highest BCUT2D eigenvalue weighted by Gasteiger charge is 2.33. The van der Waals surface area contributed by atoms with Gasteiger partial charge in [-0.15, -0.1) is 11.3 Å². The van der Waals surface area contributed by atoms with E-state index < -0.39 is 12.1 Å². The first-order valence-electron chi connectivity index (χ1n) is 10.1. The van der Waals surface area contributed by atoms with Crippen LogP contribution in [-0.4, -0.2) is 11.9 Å². The van der Waals surface area contributed by atoms with Crippen LogP contribution < -0.4 is 15.4 Å². The van der Waals surface area contributed by atoms with Gasteiger partial charge in [-0.1, -0.05) is 49.9 Å². The van der Waals surface area contributed by atoms with Gasteiger partial charge in [0.2, 0.25) is 0 Å². The zero-order chi connectivity index (χ0) is 21.8. The Kier molecular flexibility index (Phi) is 6.63. The molecule has 0 spiro atoms. The van der Waals surface area contributed by atoms with Crippen molar-refractivity contribution in [3.63, 3.8) is 0 Å². The molecule has 0 bridgehead atoms. The fourth-order valence-corrected chi connectivity index (χ4v) is 5.49. The van der Waals surface area contributed by atoms with Crippen LogP contribution in [-0.2, 0) is 17.8 Å².